The molecule has 0 amide bonds. The molecular formula is C10H21N. The second-order valence-electron chi connectivity index (χ2n) is 5.15. The van der Waals surface area contributed by atoms with E-state index in [2.05, 4.69) is 27.7 Å². The van der Waals surface area contributed by atoms with Crippen molar-refractivity contribution in [2.24, 2.45) is 23.0 Å². The standard InChI is InChI=1S/C10H21N/c1-7(11)8-5-9(6-8)10(2,3)4/h7-9H,5-6,11H2,1-4H3. The molecule has 0 aliphatic heterocycles. The molecule has 2 N–H and O–H groups in total. The van der Waals surface area contributed by atoms with Gasteiger partial charge in [0.2, 0.25) is 0 Å². The van der Waals surface area contributed by atoms with E-state index in [0.717, 1.165) is 11.8 Å². The molecule has 1 heteroatoms. The van der Waals surface area contributed by atoms with E-state index in [1.807, 2.05) is 0 Å². The van der Waals surface area contributed by atoms with Gasteiger partial charge < -0.3 is 5.73 Å². The monoisotopic (exact) mass is 155 g/mol. The first-order valence-corrected chi connectivity index (χ1v) is 4.67. The van der Waals surface area contributed by atoms with Crippen molar-refractivity contribution >= 4 is 0 Å². The highest BCUT2D eigenvalue weighted by atomic mass is 14.7. The molecule has 0 spiro atoms. The summed E-state index contributed by atoms with van der Waals surface area (Å²) in [7, 11) is 0. The molecule has 0 heterocycles. The molecule has 66 valence electrons. The average molecular weight is 155 g/mol. The summed E-state index contributed by atoms with van der Waals surface area (Å²) in [5, 5.41) is 0. The molecule has 1 saturated carbocycles. The summed E-state index contributed by atoms with van der Waals surface area (Å²) >= 11 is 0. The van der Waals surface area contributed by atoms with Crippen LogP contribution >= 0.6 is 0 Å². The zero-order valence-electron chi connectivity index (χ0n) is 8.22. The van der Waals surface area contributed by atoms with Crippen LogP contribution < -0.4 is 5.73 Å². The molecular weight excluding hydrogens is 134 g/mol. The smallest absolute Gasteiger partial charge is 0.00389 e. The normalized spacial score (nSPS) is 34.6. The molecule has 0 aromatic heterocycles. The van der Waals surface area contributed by atoms with Crippen LogP contribution in [0.3, 0.4) is 0 Å². The Morgan fingerprint density at radius 1 is 1.27 bits per heavy atom. The number of rotatable bonds is 1. The van der Waals surface area contributed by atoms with E-state index in [4.69, 9.17) is 5.73 Å². The van der Waals surface area contributed by atoms with E-state index in [1.54, 1.807) is 0 Å². The number of hydrogen-bond donors (Lipinski definition) is 1. The van der Waals surface area contributed by atoms with Crippen molar-refractivity contribution in [2.75, 3.05) is 0 Å². The quantitative estimate of drug-likeness (QED) is 0.618. The van der Waals surface area contributed by atoms with E-state index in [1.165, 1.54) is 12.8 Å². The summed E-state index contributed by atoms with van der Waals surface area (Å²) < 4.78 is 0. The second kappa shape index (κ2) is 2.78. The maximum Gasteiger partial charge on any atom is 0.00389 e. The summed E-state index contributed by atoms with van der Waals surface area (Å²) in [6.07, 6.45) is 2.70. The summed E-state index contributed by atoms with van der Waals surface area (Å²) in [5.41, 5.74) is 6.31. The van der Waals surface area contributed by atoms with E-state index in [0.29, 0.717) is 11.5 Å². The maximum atomic E-state index is 5.80. The van der Waals surface area contributed by atoms with Crippen LogP contribution in [0.25, 0.3) is 0 Å². The lowest BCUT2D eigenvalue weighted by Gasteiger charge is -2.45. The molecule has 0 aromatic rings. The Morgan fingerprint density at radius 2 is 1.73 bits per heavy atom. The fourth-order valence-electron chi connectivity index (χ4n) is 1.80. The summed E-state index contributed by atoms with van der Waals surface area (Å²) in [6.45, 7) is 9.11. The van der Waals surface area contributed by atoms with Gasteiger partial charge in [-0.3, -0.25) is 0 Å². The third-order valence-corrected chi connectivity index (χ3v) is 3.14. The van der Waals surface area contributed by atoms with E-state index in [-0.39, 0.29) is 0 Å². The van der Waals surface area contributed by atoms with Gasteiger partial charge >= 0.3 is 0 Å². The third-order valence-electron chi connectivity index (χ3n) is 3.14. The lowest BCUT2D eigenvalue weighted by Crippen LogP contribution is -2.42. The van der Waals surface area contributed by atoms with E-state index < -0.39 is 0 Å². The van der Waals surface area contributed by atoms with Crippen molar-refractivity contribution in [3.63, 3.8) is 0 Å². The van der Waals surface area contributed by atoms with Crippen molar-refractivity contribution in [3.8, 4) is 0 Å². The zero-order valence-corrected chi connectivity index (χ0v) is 8.22. The molecule has 11 heavy (non-hydrogen) atoms. The van der Waals surface area contributed by atoms with Crippen LogP contribution in [0.5, 0.6) is 0 Å². The Hall–Kier alpha value is -0.0400. The van der Waals surface area contributed by atoms with Gasteiger partial charge in [0.05, 0.1) is 0 Å². The zero-order chi connectivity index (χ0) is 8.65. The molecule has 1 fully saturated rings. The van der Waals surface area contributed by atoms with Crippen LogP contribution in [-0.4, -0.2) is 6.04 Å². The Balaban J connectivity index is 2.30. The first-order valence-electron chi connectivity index (χ1n) is 4.67. The van der Waals surface area contributed by atoms with Gasteiger partial charge in [0, 0.05) is 6.04 Å². The van der Waals surface area contributed by atoms with Crippen LogP contribution in [0.1, 0.15) is 40.5 Å². The molecule has 0 bridgehead atoms. The minimum atomic E-state index is 0.411. The fourth-order valence-corrected chi connectivity index (χ4v) is 1.80. The van der Waals surface area contributed by atoms with Gasteiger partial charge in [0.15, 0.2) is 0 Å². The van der Waals surface area contributed by atoms with Crippen molar-refractivity contribution < 1.29 is 0 Å². The van der Waals surface area contributed by atoms with E-state index >= 15 is 0 Å². The summed E-state index contributed by atoms with van der Waals surface area (Å²) in [6, 6.07) is 0.411. The minimum absolute atomic E-state index is 0.411. The van der Waals surface area contributed by atoms with Gasteiger partial charge in [0.1, 0.15) is 0 Å². The first kappa shape index (κ1) is 9.05. The predicted octanol–water partition coefficient (Wildman–Crippen LogP) is 2.41. The summed E-state index contributed by atoms with van der Waals surface area (Å²) in [5.74, 6) is 1.72. The molecule has 0 radical (unpaired) electrons. The molecule has 0 saturated heterocycles. The molecule has 1 aliphatic rings. The van der Waals surface area contributed by atoms with Crippen LogP contribution in [0.2, 0.25) is 0 Å². The van der Waals surface area contributed by atoms with Gasteiger partial charge in [0.25, 0.3) is 0 Å². The lowest BCUT2D eigenvalue weighted by atomic mass is 9.61. The molecule has 1 unspecified atom stereocenters. The predicted molar refractivity (Wildman–Crippen MR) is 49.3 cm³/mol. The highest BCUT2D eigenvalue weighted by Crippen LogP contribution is 2.45. The van der Waals surface area contributed by atoms with Gasteiger partial charge in [-0.05, 0) is 37.0 Å². The van der Waals surface area contributed by atoms with Crippen molar-refractivity contribution in [3.05, 3.63) is 0 Å². The van der Waals surface area contributed by atoms with Gasteiger partial charge in [-0.25, -0.2) is 0 Å². The molecule has 1 aliphatic carbocycles. The molecule has 1 atom stereocenters. The first-order chi connectivity index (χ1) is 4.91. The highest BCUT2D eigenvalue weighted by Gasteiger charge is 2.38. The largest absolute Gasteiger partial charge is 0.328 e. The SMILES string of the molecule is CC(N)C1CC(C(C)(C)C)C1. The molecule has 1 nitrogen and oxygen atoms in total. The average Bonchev–Trinajstić information content (AvgIpc) is 1.51. The Kier molecular flexibility index (Phi) is 2.29. The Bertz CT molecular complexity index is 126. The van der Waals surface area contributed by atoms with Crippen LogP contribution in [0, 0.1) is 17.3 Å². The number of nitrogens with two attached hydrogens (primary N) is 1. The minimum Gasteiger partial charge on any atom is -0.328 e. The van der Waals surface area contributed by atoms with Crippen molar-refractivity contribution in [1.29, 1.82) is 0 Å². The third kappa shape index (κ3) is 1.96. The second-order valence-corrected chi connectivity index (χ2v) is 5.15. The molecule has 0 aromatic carbocycles. The highest BCUT2D eigenvalue weighted by molar-refractivity contribution is 4.90. The summed E-state index contributed by atoms with van der Waals surface area (Å²) in [4.78, 5) is 0. The van der Waals surface area contributed by atoms with Crippen LogP contribution in [-0.2, 0) is 0 Å². The Morgan fingerprint density at radius 3 is 2.00 bits per heavy atom. The lowest BCUT2D eigenvalue weighted by molar-refractivity contribution is 0.0642. The van der Waals surface area contributed by atoms with Crippen molar-refractivity contribution in [1.82, 2.24) is 0 Å². The molecule has 1 rings (SSSR count). The number of hydrogen-bond acceptors (Lipinski definition) is 1. The van der Waals surface area contributed by atoms with Crippen LogP contribution in [0.4, 0.5) is 0 Å². The Labute approximate surface area is 70.4 Å². The van der Waals surface area contributed by atoms with Crippen molar-refractivity contribution in [2.45, 2.75) is 46.6 Å². The van der Waals surface area contributed by atoms with Gasteiger partial charge in [-0.2, -0.15) is 0 Å². The van der Waals surface area contributed by atoms with Gasteiger partial charge in [-0.15, -0.1) is 0 Å². The topological polar surface area (TPSA) is 26.0 Å². The van der Waals surface area contributed by atoms with Gasteiger partial charge in [-0.1, -0.05) is 20.8 Å². The van der Waals surface area contributed by atoms with Crippen LogP contribution in [0.15, 0.2) is 0 Å². The fraction of sp³-hybridized carbons (Fsp3) is 1.00. The maximum absolute atomic E-state index is 5.80. The van der Waals surface area contributed by atoms with E-state index in [9.17, 15) is 0 Å².